The maximum Gasteiger partial charge on any atom is 0.244 e. The van der Waals surface area contributed by atoms with Crippen molar-refractivity contribution in [3.63, 3.8) is 0 Å². The molecule has 2 aromatic rings. The number of hydrogen-bond donors (Lipinski definition) is 5. The summed E-state index contributed by atoms with van der Waals surface area (Å²) in [6.07, 6.45) is 2.36. The van der Waals surface area contributed by atoms with Crippen molar-refractivity contribution in [3.8, 4) is 0 Å². The number of carbonyl (C=O) groups is 4. The van der Waals surface area contributed by atoms with Crippen LogP contribution in [0.25, 0.3) is 0 Å². The van der Waals surface area contributed by atoms with E-state index in [0.717, 1.165) is 17.5 Å². The Morgan fingerprint density at radius 2 is 1.46 bits per heavy atom. The van der Waals surface area contributed by atoms with E-state index < -0.39 is 23.8 Å². The van der Waals surface area contributed by atoms with Crippen LogP contribution in [0, 0.1) is 5.92 Å². The molecule has 2 atom stereocenters. The summed E-state index contributed by atoms with van der Waals surface area (Å²) >= 11 is 0. The van der Waals surface area contributed by atoms with Gasteiger partial charge in [-0.15, -0.1) is 0 Å². The third kappa shape index (κ3) is 11.7. The molecule has 4 amide bonds. The van der Waals surface area contributed by atoms with Crippen LogP contribution in [0.15, 0.2) is 60.7 Å². The molecule has 9 heteroatoms. The molecule has 5 N–H and O–H groups in total. The van der Waals surface area contributed by atoms with E-state index in [1.165, 1.54) is 0 Å². The van der Waals surface area contributed by atoms with Gasteiger partial charge in [0.2, 0.25) is 23.6 Å². The fraction of sp³-hybridized carbons (Fsp3) is 0.429. The number of hydroxylamine groups is 1. The predicted molar refractivity (Wildman–Crippen MR) is 140 cm³/mol. The average molecular weight is 511 g/mol. The van der Waals surface area contributed by atoms with Crippen LogP contribution in [-0.2, 0) is 32.0 Å². The van der Waals surface area contributed by atoms with Gasteiger partial charge in [-0.05, 0) is 36.8 Å². The molecule has 0 aliphatic rings. The Morgan fingerprint density at radius 3 is 2.08 bits per heavy atom. The largest absolute Gasteiger partial charge is 0.356 e. The standard InChI is InChI=1S/C28H38N4O5/c1-2-17-29-25(33)15-9-14-23(20-26(34)32-37)27(35)31-24(19-22-12-7-4-8-13-22)28(36)30-18-16-21-10-5-3-6-11-21/h3-8,10-13,23-24,37H,2,9,14-20H2,1H3,(H,29,33)(H,30,36)(H,31,35)(H,32,34)/t23-,24+/m1/s1. The molecule has 37 heavy (non-hydrogen) atoms. The van der Waals surface area contributed by atoms with Gasteiger partial charge in [0.25, 0.3) is 0 Å². The summed E-state index contributed by atoms with van der Waals surface area (Å²) in [5.74, 6) is -2.43. The fourth-order valence-electron chi connectivity index (χ4n) is 3.90. The van der Waals surface area contributed by atoms with Crippen molar-refractivity contribution in [2.75, 3.05) is 13.1 Å². The highest BCUT2D eigenvalue weighted by molar-refractivity contribution is 5.90. The van der Waals surface area contributed by atoms with E-state index in [1.807, 2.05) is 67.6 Å². The average Bonchev–Trinajstić information content (AvgIpc) is 2.91. The van der Waals surface area contributed by atoms with Crippen molar-refractivity contribution in [1.82, 2.24) is 21.4 Å². The first-order chi connectivity index (χ1) is 17.9. The normalized spacial score (nSPS) is 12.2. The molecule has 2 aromatic carbocycles. The molecule has 0 aliphatic carbocycles. The van der Waals surface area contributed by atoms with Gasteiger partial charge in [-0.1, -0.05) is 67.6 Å². The summed E-state index contributed by atoms with van der Waals surface area (Å²) < 4.78 is 0. The first kappa shape index (κ1) is 29.5. The zero-order valence-corrected chi connectivity index (χ0v) is 21.4. The number of carbonyl (C=O) groups excluding carboxylic acids is 4. The maximum absolute atomic E-state index is 13.2. The van der Waals surface area contributed by atoms with Crippen LogP contribution in [0.4, 0.5) is 0 Å². The van der Waals surface area contributed by atoms with Crippen LogP contribution in [0.2, 0.25) is 0 Å². The first-order valence-electron chi connectivity index (χ1n) is 12.8. The SMILES string of the molecule is CCCNC(=O)CCC[C@H](CC(=O)NO)C(=O)N[C@@H](Cc1ccccc1)C(=O)NCCc1ccccc1. The topological polar surface area (TPSA) is 137 Å². The van der Waals surface area contributed by atoms with Crippen LogP contribution >= 0.6 is 0 Å². The second kappa shape index (κ2) is 16.9. The van der Waals surface area contributed by atoms with Gasteiger partial charge in [-0.2, -0.15) is 0 Å². The number of amides is 4. The van der Waals surface area contributed by atoms with E-state index in [9.17, 15) is 19.2 Å². The van der Waals surface area contributed by atoms with Gasteiger partial charge < -0.3 is 16.0 Å². The van der Waals surface area contributed by atoms with Gasteiger partial charge in [0, 0.05) is 38.3 Å². The lowest BCUT2D eigenvalue weighted by Gasteiger charge is -2.22. The fourth-order valence-corrected chi connectivity index (χ4v) is 3.90. The van der Waals surface area contributed by atoms with Gasteiger partial charge in [-0.25, -0.2) is 5.48 Å². The Kier molecular flexibility index (Phi) is 13.4. The summed E-state index contributed by atoms with van der Waals surface area (Å²) in [5, 5.41) is 17.5. The van der Waals surface area contributed by atoms with Gasteiger partial charge in [0.05, 0.1) is 0 Å². The van der Waals surface area contributed by atoms with Gasteiger partial charge in [0.15, 0.2) is 0 Å². The molecule has 9 nitrogen and oxygen atoms in total. The van der Waals surface area contributed by atoms with E-state index in [4.69, 9.17) is 5.21 Å². The molecule has 2 rings (SSSR count). The highest BCUT2D eigenvalue weighted by atomic mass is 16.5. The molecule has 0 spiro atoms. The Hall–Kier alpha value is -3.72. The number of hydrogen-bond acceptors (Lipinski definition) is 5. The third-order valence-corrected chi connectivity index (χ3v) is 5.93. The second-order valence-corrected chi connectivity index (χ2v) is 8.96. The van der Waals surface area contributed by atoms with Crippen molar-refractivity contribution in [3.05, 3.63) is 71.8 Å². The summed E-state index contributed by atoms with van der Waals surface area (Å²) in [6, 6.07) is 18.3. The van der Waals surface area contributed by atoms with E-state index in [-0.39, 0.29) is 37.5 Å². The molecular weight excluding hydrogens is 472 g/mol. The first-order valence-corrected chi connectivity index (χ1v) is 12.8. The van der Waals surface area contributed by atoms with Gasteiger partial charge in [0.1, 0.15) is 6.04 Å². The minimum absolute atomic E-state index is 0.118. The molecule has 0 unspecified atom stereocenters. The Bertz CT molecular complexity index is 985. The highest BCUT2D eigenvalue weighted by Gasteiger charge is 2.27. The molecule has 0 aromatic heterocycles. The minimum atomic E-state index is -0.849. The van der Waals surface area contributed by atoms with E-state index in [2.05, 4.69) is 16.0 Å². The zero-order valence-electron chi connectivity index (χ0n) is 21.4. The van der Waals surface area contributed by atoms with Crippen LogP contribution in [0.5, 0.6) is 0 Å². The molecule has 0 aliphatic heterocycles. The van der Waals surface area contributed by atoms with Crippen LogP contribution < -0.4 is 21.4 Å². The molecule has 0 heterocycles. The quantitative estimate of drug-likeness (QED) is 0.174. The smallest absolute Gasteiger partial charge is 0.244 e. The third-order valence-electron chi connectivity index (χ3n) is 5.93. The minimum Gasteiger partial charge on any atom is -0.356 e. The summed E-state index contributed by atoms with van der Waals surface area (Å²) in [4.78, 5) is 50.0. The Balaban J connectivity index is 2.04. The highest BCUT2D eigenvalue weighted by Crippen LogP contribution is 2.15. The molecule has 0 saturated carbocycles. The molecule has 0 radical (unpaired) electrons. The van der Waals surface area contributed by atoms with E-state index in [1.54, 1.807) is 5.48 Å². The second-order valence-electron chi connectivity index (χ2n) is 8.96. The molecular formula is C28H38N4O5. The van der Waals surface area contributed by atoms with Crippen LogP contribution in [-0.4, -0.2) is 48.0 Å². The van der Waals surface area contributed by atoms with Crippen molar-refractivity contribution in [2.45, 2.75) is 57.9 Å². The summed E-state index contributed by atoms with van der Waals surface area (Å²) in [5.41, 5.74) is 3.52. The molecule has 200 valence electrons. The zero-order chi connectivity index (χ0) is 26.9. The maximum atomic E-state index is 13.2. The molecule has 0 saturated heterocycles. The summed E-state index contributed by atoms with van der Waals surface area (Å²) in [7, 11) is 0. The monoisotopic (exact) mass is 510 g/mol. The van der Waals surface area contributed by atoms with Crippen molar-refractivity contribution < 1.29 is 24.4 Å². The van der Waals surface area contributed by atoms with Crippen molar-refractivity contribution in [2.24, 2.45) is 5.92 Å². The van der Waals surface area contributed by atoms with Crippen molar-refractivity contribution >= 4 is 23.6 Å². The van der Waals surface area contributed by atoms with Crippen LogP contribution in [0.3, 0.4) is 0 Å². The van der Waals surface area contributed by atoms with E-state index in [0.29, 0.717) is 25.9 Å². The van der Waals surface area contributed by atoms with Gasteiger partial charge in [-0.3, -0.25) is 24.4 Å². The summed E-state index contributed by atoms with van der Waals surface area (Å²) in [6.45, 7) is 2.95. The lowest BCUT2D eigenvalue weighted by atomic mass is 9.95. The number of rotatable bonds is 16. The number of benzene rings is 2. The molecule has 0 bridgehead atoms. The number of nitrogens with one attached hydrogen (secondary N) is 4. The Morgan fingerprint density at radius 1 is 0.811 bits per heavy atom. The predicted octanol–water partition coefficient (Wildman–Crippen LogP) is 2.28. The van der Waals surface area contributed by atoms with Crippen LogP contribution in [0.1, 0.15) is 50.2 Å². The lowest BCUT2D eigenvalue weighted by molar-refractivity contribution is -0.136. The molecule has 0 fully saturated rings. The van der Waals surface area contributed by atoms with Crippen molar-refractivity contribution in [1.29, 1.82) is 0 Å². The Labute approximate surface area is 218 Å². The van der Waals surface area contributed by atoms with E-state index >= 15 is 0 Å². The van der Waals surface area contributed by atoms with Gasteiger partial charge >= 0.3 is 0 Å². The lowest BCUT2D eigenvalue weighted by Crippen LogP contribution is -2.50.